The van der Waals surface area contributed by atoms with Crippen LogP contribution in [0.25, 0.3) is 0 Å². The van der Waals surface area contributed by atoms with Gasteiger partial charge in [0, 0.05) is 12.2 Å². The average Bonchev–Trinajstić information content (AvgIpc) is 2.53. The second-order valence-corrected chi connectivity index (χ2v) is 5.38. The first-order valence-corrected chi connectivity index (χ1v) is 7.63. The molecular weight excluding hydrogens is 325 g/mol. The maximum atomic E-state index is 12.4. The summed E-state index contributed by atoms with van der Waals surface area (Å²) in [7, 11) is 0. The molecule has 1 rings (SSSR count). The quantitative estimate of drug-likeness (QED) is 0.693. The molecule has 134 valence electrons. The molecule has 8 heteroatoms. The van der Waals surface area contributed by atoms with Crippen molar-refractivity contribution in [1.82, 2.24) is 5.32 Å². The van der Waals surface area contributed by atoms with Gasteiger partial charge in [-0.2, -0.15) is 13.2 Å². The highest BCUT2D eigenvalue weighted by Gasteiger charge is 2.30. The fourth-order valence-corrected chi connectivity index (χ4v) is 2.21. The third kappa shape index (κ3) is 5.84. The number of aliphatic hydroxyl groups excluding tert-OH is 1. The van der Waals surface area contributed by atoms with Crippen molar-refractivity contribution in [3.63, 3.8) is 0 Å². The number of amides is 2. The molecule has 2 amide bonds. The molecule has 0 radical (unpaired) electrons. The maximum absolute atomic E-state index is 12.4. The van der Waals surface area contributed by atoms with Crippen molar-refractivity contribution in [3.05, 3.63) is 29.8 Å². The average molecular weight is 346 g/mol. The fourth-order valence-electron chi connectivity index (χ4n) is 2.21. The number of hydrogen-bond donors (Lipinski definition) is 3. The number of alkyl halides is 3. The van der Waals surface area contributed by atoms with Crippen LogP contribution in [0.3, 0.4) is 0 Å². The first-order valence-electron chi connectivity index (χ1n) is 7.63. The van der Waals surface area contributed by atoms with E-state index in [2.05, 4.69) is 10.6 Å². The number of halogens is 3. The van der Waals surface area contributed by atoms with E-state index in [1.807, 2.05) is 13.8 Å². The predicted octanol–water partition coefficient (Wildman–Crippen LogP) is 2.56. The number of rotatable bonds is 6. The number of benzene rings is 1. The van der Waals surface area contributed by atoms with Crippen LogP contribution in [0.15, 0.2) is 24.3 Å². The summed E-state index contributed by atoms with van der Waals surface area (Å²) in [4.78, 5) is 23.4. The first kappa shape index (κ1) is 20.0. The van der Waals surface area contributed by atoms with Gasteiger partial charge in [-0.25, -0.2) is 0 Å². The van der Waals surface area contributed by atoms with E-state index >= 15 is 0 Å². The summed E-state index contributed by atoms with van der Waals surface area (Å²) in [5.74, 6) is -1.95. The van der Waals surface area contributed by atoms with Crippen LogP contribution in [0.4, 0.5) is 18.9 Å². The number of hydrogen-bond acceptors (Lipinski definition) is 3. The lowest BCUT2D eigenvalue weighted by Gasteiger charge is -2.20. The van der Waals surface area contributed by atoms with Crippen LogP contribution >= 0.6 is 0 Å². The monoisotopic (exact) mass is 346 g/mol. The van der Waals surface area contributed by atoms with Crippen LogP contribution < -0.4 is 10.6 Å². The van der Waals surface area contributed by atoms with Gasteiger partial charge in [-0.1, -0.05) is 26.7 Å². The fraction of sp³-hybridized carbons (Fsp3) is 0.500. The lowest BCUT2D eigenvalue weighted by Crippen LogP contribution is -2.41. The number of aliphatic hydroxyl groups is 1. The lowest BCUT2D eigenvalue weighted by molar-refractivity contribution is -0.137. The molecule has 0 saturated carbocycles. The summed E-state index contributed by atoms with van der Waals surface area (Å²) >= 11 is 0. The van der Waals surface area contributed by atoms with E-state index in [1.165, 1.54) is 0 Å². The Balaban J connectivity index is 2.54. The van der Waals surface area contributed by atoms with Gasteiger partial charge in [-0.15, -0.1) is 0 Å². The second kappa shape index (κ2) is 8.68. The molecule has 0 aliphatic carbocycles. The highest BCUT2D eigenvalue weighted by atomic mass is 19.4. The Morgan fingerprint density at radius 2 is 1.62 bits per heavy atom. The molecule has 0 saturated heterocycles. The van der Waals surface area contributed by atoms with Crippen molar-refractivity contribution in [2.24, 2.45) is 5.92 Å². The number of anilines is 1. The topological polar surface area (TPSA) is 78.4 Å². The zero-order valence-corrected chi connectivity index (χ0v) is 13.5. The minimum absolute atomic E-state index is 0.0169. The zero-order valence-electron chi connectivity index (χ0n) is 13.5. The van der Waals surface area contributed by atoms with Gasteiger partial charge in [0.25, 0.3) is 0 Å². The summed E-state index contributed by atoms with van der Waals surface area (Å²) < 4.78 is 37.3. The molecule has 5 nitrogen and oxygen atoms in total. The summed E-state index contributed by atoms with van der Waals surface area (Å²) in [6.45, 7) is 3.76. The van der Waals surface area contributed by atoms with Crippen LogP contribution in [0, 0.1) is 5.92 Å². The van der Waals surface area contributed by atoms with E-state index in [-0.39, 0.29) is 18.2 Å². The molecule has 0 aliphatic heterocycles. The molecule has 1 unspecified atom stereocenters. The van der Waals surface area contributed by atoms with E-state index in [9.17, 15) is 27.9 Å². The highest BCUT2D eigenvalue weighted by Crippen LogP contribution is 2.29. The normalized spacial score (nSPS) is 12.8. The molecule has 0 bridgehead atoms. The SMILES string of the molecule is CCC(CC)C(O)CNC(=O)C(=O)Nc1ccc(C(F)(F)F)cc1. The molecule has 0 fully saturated rings. The Bertz CT molecular complexity index is 555. The molecule has 1 aromatic rings. The van der Waals surface area contributed by atoms with Gasteiger partial charge in [-0.3, -0.25) is 9.59 Å². The number of carbonyl (C=O) groups is 2. The Kier molecular flexibility index (Phi) is 7.21. The van der Waals surface area contributed by atoms with E-state index < -0.39 is 29.7 Å². The van der Waals surface area contributed by atoms with Gasteiger partial charge in [0.1, 0.15) is 0 Å². The van der Waals surface area contributed by atoms with Crippen LogP contribution in [0.1, 0.15) is 32.3 Å². The molecular formula is C16H21F3N2O3. The lowest BCUT2D eigenvalue weighted by atomic mass is 9.96. The minimum Gasteiger partial charge on any atom is -0.391 e. The van der Waals surface area contributed by atoms with Gasteiger partial charge in [-0.05, 0) is 30.2 Å². The summed E-state index contributed by atoms with van der Waals surface area (Å²) in [6.07, 6.45) is -3.75. The summed E-state index contributed by atoms with van der Waals surface area (Å²) in [5, 5.41) is 14.4. The van der Waals surface area contributed by atoms with Crippen molar-refractivity contribution in [2.45, 2.75) is 39.0 Å². The third-order valence-corrected chi connectivity index (χ3v) is 3.74. The van der Waals surface area contributed by atoms with E-state index in [1.54, 1.807) is 0 Å². The van der Waals surface area contributed by atoms with Crippen molar-refractivity contribution >= 4 is 17.5 Å². The Morgan fingerprint density at radius 3 is 2.08 bits per heavy atom. The second-order valence-electron chi connectivity index (χ2n) is 5.38. The molecule has 1 atom stereocenters. The van der Waals surface area contributed by atoms with Crippen LogP contribution in [0.2, 0.25) is 0 Å². The summed E-state index contributed by atoms with van der Waals surface area (Å²) in [5.41, 5.74) is -0.776. The Labute approximate surface area is 138 Å². The maximum Gasteiger partial charge on any atom is 0.416 e. The number of nitrogens with one attached hydrogen (secondary N) is 2. The third-order valence-electron chi connectivity index (χ3n) is 3.74. The molecule has 0 aliphatic rings. The van der Waals surface area contributed by atoms with Crippen LogP contribution in [-0.2, 0) is 15.8 Å². The molecule has 3 N–H and O–H groups in total. The van der Waals surface area contributed by atoms with Crippen LogP contribution in [-0.4, -0.2) is 29.6 Å². The standard InChI is InChI=1S/C16H21F3N2O3/c1-3-10(4-2)13(22)9-20-14(23)15(24)21-12-7-5-11(6-8-12)16(17,18)19/h5-8,10,13,22H,3-4,9H2,1-2H3,(H,20,23)(H,21,24). The molecule has 0 aromatic heterocycles. The van der Waals surface area contributed by atoms with Gasteiger partial charge in [0.2, 0.25) is 0 Å². The van der Waals surface area contributed by atoms with Gasteiger partial charge in [0.05, 0.1) is 11.7 Å². The van der Waals surface area contributed by atoms with Crippen LogP contribution in [0.5, 0.6) is 0 Å². The summed E-state index contributed by atoms with van der Waals surface area (Å²) in [6, 6.07) is 3.74. The van der Waals surface area contributed by atoms with E-state index in [0.29, 0.717) is 0 Å². The molecule has 0 heterocycles. The minimum atomic E-state index is -4.47. The first-order chi connectivity index (χ1) is 11.2. The van der Waals surface area contributed by atoms with Gasteiger partial charge in [0.15, 0.2) is 0 Å². The highest BCUT2D eigenvalue weighted by molar-refractivity contribution is 6.39. The predicted molar refractivity (Wildman–Crippen MR) is 83.2 cm³/mol. The zero-order chi connectivity index (χ0) is 18.3. The Hall–Kier alpha value is -2.09. The largest absolute Gasteiger partial charge is 0.416 e. The van der Waals surface area contributed by atoms with Crippen molar-refractivity contribution in [3.8, 4) is 0 Å². The van der Waals surface area contributed by atoms with Gasteiger partial charge < -0.3 is 15.7 Å². The smallest absolute Gasteiger partial charge is 0.391 e. The molecule has 0 spiro atoms. The Morgan fingerprint density at radius 1 is 1.08 bits per heavy atom. The van der Waals surface area contributed by atoms with Crippen molar-refractivity contribution in [2.75, 3.05) is 11.9 Å². The molecule has 1 aromatic carbocycles. The molecule has 24 heavy (non-hydrogen) atoms. The van der Waals surface area contributed by atoms with Crippen molar-refractivity contribution < 1.29 is 27.9 Å². The number of carbonyl (C=O) groups excluding carboxylic acids is 2. The van der Waals surface area contributed by atoms with E-state index in [4.69, 9.17) is 0 Å². The van der Waals surface area contributed by atoms with Crippen molar-refractivity contribution in [1.29, 1.82) is 0 Å². The van der Waals surface area contributed by atoms with Gasteiger partial charge >= 0.3 is 18.0 Å². The van der Waals surface area contributed by atoms with E-state index in [0.717, 1.165) is 37.1 Å².